The summed E-state index contributed by atoms with van der Waals surface area (Å²) >= 11 is 1.50. The van der Waals surface area contributed by atoms with Crippen molar-refractivity contribution in [1.82, 2.24) is 9.88 Å². The number of hydrogen-bond acceptors (Lipinski definition) is 3. The molecule has 0 N–H and O–H groups in total. The Kier molecular flexibility index (Phi) is 3.11. The van der Waals surface area contributed by atoms with Crippen molar-refractivity contribution in [3.8, 4) is 0 Å². The number of aromatic nitrogens is 1. The Morgan fingerprint density at radius 1 is 1.26 bits per heavy atom. The zero-order valence-corrected chi connectivity index (χ0v) is 12.0. The van der Waals surface area contributed by atoms with Gasteiger partial charge in [-0.3, -0.25) is 4.79 Å². The number of carbonyl (C=O) groups excluding carboxylic acids is 1. The molecule has 0 saturated carbocycles. The van der Waals surface area contributed by atoms with E-state index in [2.05, 4.69) is 23.2 Å². The third kappa shape index (κ3) is 2.28. The van der Waals surface area contributed by atoms with Gasteiger partial charge in [-0.1, -0.05) is 24.3 Å². The standard InChI is InChI=1S/C15H16N2OS/c1-10-14(19-11(2)16-10)15(18)17-8-7-12-5-3-4-6-13(12)9-17/h3-6H,7-9H2,1-2H3. The number of aryl methyl sites for hydroxylation is 2. The lowest BCUT2D eigenvalue weighted by atomic mass is 10.00. The summed E-state index contributed by atoms with van der Waals surface area (Å²) in [5, 5.41) is 0.957. The Hall–Kier alpha value is -1.68. The number of fused-ring (bicyclic) bond motifs is 1. The van der Waals surface area contributed by atoms with Gasteiger partial charge in [0.05, 0.1) is 10.7 Å². The van der Waals surface area contributed by atoms with Gasteiger partial charge in [0.1, 0.15) is 4.88 Å². The molecule has 0 saturated heterocycles. The minimum atomic E-state index is 0.123. The molecule has 0 unspecified atom stereocenters. The molecule has 0 radical (unpaired) electrons. The van der Waals surface area contributed by atoms with Gasteiger partial charge < -0.3 is 4.90 Å². The molecule has 3 nitrogen and oxygen atoms in total. The van der Waals surface area contributed by atoms with Crippen LogP contribution in [0.1, 0.15) is 31.5 Å². The first-order chi connectivity index (χ1) is 9.15. The van der Waals surface area contributed by atoms with Crippen LogP contribution in [-0.4, -0.2) is 22.3 Å². The predicted molar refractivity (Wildman–Crippen MR) is 76.5 cm³/mol. The molecule has 4 heteroatoms. The number of nitrogens with zero attached hydrogens (tertiary/aromatic N) is 2. The minimum absolute atomic E-state index is 0.123. The van der Waals surface area contributed by atoms with Crippen LogP contribution < -0.4 is 0 Å². The van der Waals surface area contributed by atoms with Crippen molar-refractivity contribution >= 4 is 17.2 Å². The van der Waals surface area contributed by atoms with Crippen molar-refractivity contribution in [2.24, 2.45) is 0 Å². The Bertz CT molecular complexity index is 633. The molecule has 1 amide bonds. The van der Waals surface area contributed by atoms with Crippen molar-refractivity contribution in [3.63, 3.8) is 0 Å². The van der Waals surface area contributed by atoms with E-state index in [0.717, 1.165) is 28.5 Å². The van der Waals surface area contributed by atoms with Crippen LogP contribution >= 0.6 is 11.3 Å². The maximum atomic E-state index is 12.5. The van der Waals surface area contributed by atoms with Gasteiger partial charge in [0.25, 0.3) is 5.91 Å². The Morgan fingerprint density at radius 2 is 2.00 bits per heavy atom. The second-order valence-electron chi connectivity index (χ2n) is 4.89. The van der Waals surface area contributed by atoms with E-state index >= 15 is 0 Å². The first-order valence-electron chi connectivity index (χ1n) is 6.45. The quantitative estimate of drug-likeness (QED) is 0.799. The van der Waals surface area contributed by atoms with E-state index < -0.39 is 0 Å². The Balaban J connectivity index is 1.85. The molecule has 0 fully saturated rings. The average Bonchev–Trinajstić information content (AvgIpc) is 2.76. The van der Waals surface area contributed by atoms with E-state index in [-0.39, 0.29) is 5.91 Å². The van der Waals surface area contributed by atoms with Gasteiger partial charge in [0.2, 0.25) is 0 Å². The smallest absolute Gasteiger partial charge is 0.266 e. The summed E-state index contributed by atoms with van der Waals surface area (Å²) in [7, 11) is 0. The number of rotatable bonds is 1. The molecule has 0 atom stereocenters. The third-order valence-corrected chi connectivity index (χ3v) is 4.58. The van der Waals surface area contributed by atoms with Crippen LogP contribution in [0.15, 0.2) is 24.3 Å². The third-order valence-electron chi connectivity index (χ3n) is 3.52. The van der Waals surface area contributed by atoms with E-state index in [0.29, 0.717) is 6.54 Å². The number of amides is 1. The van der Waals surface area contributed by atoms with Crippen molar-refractivity contribution in [2.75, 3.05) is 6.54 Å². The summed E-state index contributed by atoms with van der Waals surface area (Å²) in [5.41, 5.74) is 3.48. The summed E-state index contributed by atoms with van der Waals surface area (Å²) in [6.07, 6.45) is 0.943. The molecule has 1 aromatic heterocycles. The van der Waals surface area contributed by atoms with Gasteiger partial charge in [-0.25, -0.2) is 4.98 Å². The fourth-order valence-electron chi connectivity index (χ4n) is 2.54. The van der Waals surface area contributed by atoms with Gasteiger partial charge >= 0.3 is 0 Å². The lowest BCUT2D eigenvalue weighted by Gasteiger charge is -2.28. The van der Waals surface area contributed by atoms with Crippen LogP contribution in [0.5, 0.6) is 0 Å². The van der Waals surface area contributed by atoms with E-state index in [1.54, 1.807) is 0 Å². The van der Waals surface area contributed by atoms with E-state index in [1.807, 2.05) is 24.8 Å². The van der Waals surface area contributed by atoms with Crippen LogP contribution in [-0.2, 0) is 13.0 Å². The van der Waals surface area contributed by atoms with Crippen LogP contribution in [0.4, 0.5) is 0 Å². The maximum Gasteiger partial charge on any atom is 0.266 e. The minimum Gasteiger partial charge on any atom is -0.333 e. The van der Waals surface area contributed by atoms with E-state index in [9.17, 15) is 4.79 Å². The van der Waals surface area contributed by atoms with Crippen LogP contribution in [0.25, 0.3) is 0 Å². The van der Waals surface area contributed by atoms with Crippen molar-refractivity contribution < 1.29 is 4.79 Å². The van der Waals surface area contributed by atoms with E-state index in [1.165, 1.54) is 22.5 Å². The van der Waals surface area contributed by atoms with Gasteiger partial charge in [0, 0.05) is 13.1 Å². The van der Waals surface area contributed by atoms with Crippen LogP contribution in [0, 0.1) is 13.8 Å². The second kappa shape index (κ2) is 4.78. The molecule has 0 aliphatic carbocycles. The highest BCUT2D eigenvalue weighted by molar-refractivity contribution is 7.13. The summed E-state index contributed by atoms with van der Waals surface area (Å²) in [5.74, 6) is 0.123. The molecule has 19 heavy (non-hydrogen) atoms. The molecule has 1 aliphatic heterocycles. The molecule has 0 spiro atoms. The zero-order chi connectivity index (χ0) is 13.4. The number of hydrogen-bond donors (Lipinski definition) is 0. The van der Waals surface area contributed by atoms with E-state index in [4.69, 9.17) is 0 Å². The largest absolute Gasteiger partial charge is 0.333 e. The fraction of sp³-hybridized carbons (Fsp3) is 0.333. The summed E-state index contributed by atoms with van der Waals surface area (Å²) in [4.78, 5) is 19.6. The summed E-state index contributed by atoms with van der Waals surface area (Å²) < 4.78 is 0. The topological polar surface area (TPSA) is 33.2 Å². The highest BCUT2D eigenvalue weighted by Crippen LogP contribution is 2.24. The number of benzene rings is 1. The fourth-order valence-corrected chi connectivity index (χ4v) is 3.43. The van der Waals surface area contributed by atoms with Crippen molar-refractivity contribution in [1.29, 1.82) is 0 Å². The van der Waals surface area contributed by atoms with Crippen molar-refractivity contribution in [2.45, 2.75) is 26.8 Å². The molecule has 0 bridgehead atoms. The first kappa shape index (κ1) is 12.4. The number of thiazole rings is 1. The molecule has 3 rings (SSSR count). The van der Waals surface area contributed by atoms with Crippen LogP contribution in [0.3, 0.4) is 0 Å². The Labute approximate surface area is 116 Å². The lowest BCUT2D eigenvalue weighted by molar-refractivity contribution is 0.0738. The SMILES string of the molecule is Cc1nc(C)c(C(=O)N2CCc3ccccc3C2)s1. The molecular weight excluding hydrogens is 256 g/mol. The Morgan fingerprint density at radius 3 is 2.68 bits per heavy atom. The van der Waals surface area contributed by atoms with Crippen LogP contribution in [0.2, 0.25) is 0 Å². The molecule has 1 aliphatic rings. The monoisotopic (exact) mass is 272 g/mol. The highest BCUT2D eigenvalue weighted by Gasteiger charge is 2.24. The predicted octanol–water partition coefficient (Wildman–Crippen LogP) is 2.96. The normalized spacial score (nSPS) is 14.3. The molecule has 1 aromatic carbocycles. The molecule has 2 aromatic rings. The highest BCUT2D eigenvalue weighted by atomic mass is 32.1. The lowest BCUT2D eigenvalue weighted by Crippen LogP contribution is -2.35. The second-order valence-corrected chi connectivity index (χ2v) is 6.10. The molecule has 2 heterocycles. The van der Waals surface area contributed by atoms with Crippen molar-refractivity contribution in [3.05, 3.63) is 51.0 Å². The van der Waals surface area contributed by atoms with Gasteiger partial charge in [0.15, 0.2) is 0 Å². The molecular formula is C15H16N2OS. The summed E-state index contributed by atoms with van der Waals surface area (Å²) in [6.45, 7) is 5.37. The summed E-state index contributed by atoms with van der Waals surface area (Å²) in [6, 6.07) is 8.36. The first-order valence-corrected chi connectivity index (χ1v) is 7.27. The van der Waals surface area contributed by atoms with Gasteiger partial charge in [-0.2, -0.15) is 0 Å². The van der Waals surface area contributed by atoms with Gasteiger partial charge in [-0.15, -0.1) is 11.3 Å². The number of carbonyl (C=O) groups is 1. The maximum absolute atomic E-state index is 12.5. The average molecular weight is 272 g/mol. The molecule has 98 valence electrons. The van der Waals surface area contributed by atoms with Gasteiger partial charge in [-0.05, 0) is 31.4 Å². The zero-order valence-electron chi connectivity index (χ0n) is 11.1.